The smallest absolute Gasteiger partial charge is 0.261 e. The van der Waals surface area contributed by atoms with Crippen molar-refractivity contribution >= 4 is 18.7 Å². The molecular weight excluding hydrogens is 432 g/mol. The molecule has 0 amide bonds. The molecule has 0 aromatic heterocycles. The van der Waals surface area contributed by atoms with Crippen LogP contribution in [0.3, 0.4) is 0 Å². The van der Waals surface area contributed by atoms with E-state index >= 15 is 0 Å². The van der Waals surface area contributed by atoms with E-state index in [0.29, 0.717) is 19.6 Å². The average molecular weight is 468 g/mol. The monoisotopic (exact) mass is 467 g/mol. The average Bonchev–Trinajstić information content (AvgIpc) is 3.59. The first kappa shape index (κ1) is 21.9. The molecule has 176 valence electrons. The van der Waals surface area contributed by atoms with E-state index < -0.39 is 19.7 Å². The zero-order chi connectivity index (χ0) is 23.2. The fourth-order valence-electron chi connectivity index (χ4n) is 7.54. The Morgan fingerprint density at radius 2 is 1.39 bits per heavy atom. The van der Waals surface area contributed by atoms with Crippen LogP contribution in [0.25, 0.3) is 0 Å². The van der Waals surface area contributed by atoms with Gasteiger partial charge < -0.3 is 4.43 Å². The Bertz CT molecular complexity index is 1010. The van der Waals surface area contributed by atoms with E-state index in [9.17, 15) is 8.78 Å². The molecule has 2 aromatic carbocycles. The Hall–Kier alpha value is -1.56. The van der Waals surface area contributed by atoms with Gasteiger partial charge in [0, 0.05) is 18.5 Å². The lowest BCUT2D eigenvalue weighted by atomic mass is 9.78. The molecule has 2 aliphatic carbocycles. The van der Waals surface area contributed by atoms with Gasteiger partial charge in [-0.2, -0.15) is 0 Å². The van der Waals surface area contributed by atoms with Crippen LogP contribution in [0, 0.1) is 10.8 Å². The zero-order valence-electron chi connectivity index (χ0n) is 20.0. The molecule has 2 heterocycles. The van der Waals surface area contributed by atoms with Gasteiger partial charge in [-0.25, -0.2) is 8.78 Å². The van der Waals surface area contributed by atoms with Crippen molar-refractivity contribution in [2.75, 3.05) is 19.7 Å². The lowest BCUT2D eigenvalue weighted by Gasteiger charge is -2.47. The van der Waals surface area contributed by atoms with E-state index in [1.54, 1.807) is 0 Å². The lowest BCUT2D eigenvalue weighted by molar-refractivity contribution is 0.0539. The fraction of sp³-hybridized carbons (Fsp3) is 0.571. The van der Waals surface area contributed by atoms with Gasteiger partial charge >= 0.3 is 0 Å². The molecule has 2 spiro atoms. The molecule has 4 aliphatic rings. The van der Waals surface area contributed by atoms with Crippen molar-refractivity contribution in [3.05, 3.63) is 60.7 Å². The van der Waals surface area contributed by atoms with Crippen LogP contribution < -0.4 is 10.4 Å². The van der Waals surface area contributed by atoms with Gasteiger partial charge in [0.1, 0.15) is 0 Å². The minimum Gasteiger partial charge on any atom is -0.406 e. The molecule has 0 bridgehead atoms. The summed E-state index contributed by atoms with van der Waals surface area (Å²) < 4.78 is 36.5. The number of fused-ring (bicyclic) bond motifs is 2. The molecule has 5 heteroatoms. The van der Waals surface area contributed by atoms with Crippen molar-refractivity contribution in [2.24, 2.45) is 10.8 Å². The predicted octanol–water partition coefficient (Wildman–Crippen LogP) is 5.22. The van der Waals surface area contributed by atoms with Crippen LogP contribution in [-0.4, -0.2) is 44.4 Å². The van der Waals surface area contributed by atoms with Crippen LogP contribution in [0.4, 0.5) is 8.78 Å². The Morgan fingerprint density at radius 3 is 1.85 bits per heavy atom. The Kier molecular flexibility index (Phi) is 4.50. The summed E-state index contributed by atoms with van der Waals surface area (Å²) in [6, 6.07) is 21.4. The van der Waals surface area contributed by atoms with Crippen molar-refractivity contribution < 1.29 is 13.2 Å². The van der Waals surface area contributed by atoms with Crippen molar-refractivity contribution in [3.63, 3.8) is 0 Å². The van der Waals surface area contributed by atoms with Crippen LogP contribution in [-0.2, 0) is 4.43 Å². The zero-order valence-corrected chi connectivity index (χ0v) is 21.0. The van der Waals surface area contributed by atoms with Gasteiger partial charge in [0.25, 0.3) is 14.2 Å². The first-order chi connectivity index (χ1) is 15.6. The van der Waals surface area contributed by atoms with Crippen LogP contribution in [0.2, 0.25) is 5.04 Å². The predicted molar refractivity (Wildman–Crippen MR) is 131 cm³/mol. The van der Waals surface area contributed by atoms with Crippen molar-refractivity contribution in [1.29, 1.82) is 0 Å². The van der Waals surface area contributed by atoms with Gasteiger partial charge in [-0.3, -0.25) is 4.90 Å². The van der Waals surface area contributed by atoms with Crippen LogP contribution >= 0.6 is 0 Å². The summed E-state index contributed by atoms with van der Waals surface area (Å²) in [6.45, 7) is 8.94. The summed E-state index contributed by atoms with van der Waals surface area (Å²) in [4.78, 5) is 2.43. The maximum atomic E-state index is 14.6. The number of hydrogen-bond acceptors (Lipinski definition) is 2. The van der Waals surface area contributed by atoms with Gasteiger partial charge in [-0.15, -0.1) is 0 Å². The second-order valence-electron chi connectivity index (χ2n) is 12.3. The third-order valence-electron chi connectivity index (χ3n) is 9.59. The van der Waals surface area contributed by atoms with Crippen LogP contribution in [0.15, 0.2) is 60.7 Å². The van der Waals surface area contributed by atoms with Gasteiger partial charge in [0.05, 0.1) is 12.0 Å². The van der Waals surface area contributed by atoms with E-state index in [-0.39, 0.29) is 22.4 Å². The number of nitrogens with zero attached hydrogens (tertiary/aromatic N) is 1. The van der Waals surface area contributed by atoms with E-state index in [4.69, 9.17) is 4.43 Å². The summed E-state index contributed by atoms with van der Waals surface area (Å²) in [5.74, 6) is -2.50. The minimum absolute atomic E-state index is 0.0630. The number of halogens is 2. The molecule has 2 aromatic rings. The Labute approximate surface area is 197 Å². The van der Waals surface area contributed by atoms with E-state index in [1.807, 2.05) is 0 Å². The molecular formula is C28H35F2NOSi. The lowest BCUT2D eigenvalue weighted by Crippen LogP contribution is -2.68. The molecule has 0 radical (unpaired) electrons. The Morgan fingerprint density at radius 1 is 0.848 bits per heavy atom. The Balaban J connectivity index is 1.44. The van der Waals surface area contributed by atoms with E-state index in [2.05, 4.69) is 86.3 Å². The normalized spacial score (nSPS) is 31.8. The highest BCUT2D eigenvalue weighted by molar-refractivity contribution is 6.99. The minimum atomic E-state index is -2.69. The summed E-state index contributed by atoms with van der Waals surface area (Å²) in [5, 5.41) is 2.42. The molecule has 0 N–H and O–H groups in total. The highest BCUT2D eigenvalue weighted by atomic mass is 28.4. The molecule has 2 atom stereocenters. The number of benzene rings is 2. The molecule has 2 saturated heterocycles. The van der Waals surface area contributed by atoms with Crippen molar-refractivity contribution in [3.8, 4) is 0 Å². The van der Waals surface area contributed by atoms with Gasteiger partial charge in [0.2, 0.25) is 0 Å². The van der Waals surface area contributed by atoms with Crippen molar-refractivity contribution in [1.82, 2.24) is 4.90 Å². The first-order valence-electron chi connectivity index (χ1n) is 12.5. The number of rotatable bonds is 5. The molecule has 1 unspecified atom stereocenters. The SMILES string of the molecule is CC(C)(C)[Si](OC[C@]12CC3(CN1CCC21CC1)CC3(F)F)(c1ccccc1)c1ccccc1. The number of alkyl halides is 2. The highest BCUT2D eigenvalue weighted by Crippen LogP contribution is 2.76. The standard InChI is InChI=1S/C28H35F2NOSi/c1-24(2,3)33(22-10-6-4-7-11-22,23-12-8-5-9-13-23)32-21-27-18-26(19-28(26,29)30)20-31(27)17-16-25(27)14-15-25/h4-13H,14-21H2,1-3H3/t26?,27-/m0/s1. The topological polar surface area (TPSA) is 12.5 Å². The summed E-state index contributed by atoms with van der Waals surface area (Å²) >= 11 is 0. The highest BCUT2D eigenvalue weighted by Gasteiger charge is 2.81. The first-order valence-corrected chi connectivity index (χ1v) is 14.4. The molecule has 2 nitrogen and oxygen atoms in total. The molecule has 2 aliphatic heterocycles. The van der Waals surface area contributed by atoms with Gasteiger partial charge in [-0.05, 0) is 53.1 Å². The molecule has 6 rings (SSSR count). The quantitative estimate of drug-likeness (QED) is 0.559. The summed E-state index contributed by atoms with van der Waals surface area (Å²) in [7, 11) is -2.69. The molecule has 33 heavy (non-hydrogen) atoms. The molecule has 4 fully saturated rings. The maximum Gasteiger partial charge on any atom is 0.261 e. The second kappa shape index (κ2) is 6.77. The van der Waals surface area contributed by atoms with E-state index in [0.717, 1.165) is 25.8 Å². The number of hydrogen-bond donors (Lipinski definition) is 0. The van der Waals surface area contributed by atoms with Crippen LogP contribution in [0.1, 0.15) is 52.9 Å². The second-order valence-corrected chi connectivity index (χ2v) is 16.6. The molecule has 2 saturated carbocycles. The third kappa shape index (κ3) is 2.88. The summed E-state index contributed by atoms with van der Waals surface area (Å²) in [6.07, 6.45) is 4.13. The van der Waals surface area contributed by atoms with Gasteiger partial charge in [-0.1, -0.05) is 81.4 Å². The largest absolute Gasteiger partial charge is 0.406 e. The fourth-order valence-corrected chi connectivity index (χ4v) is 12.1. The van der Waals surface area contributed by atoms with Crippen molar-refractivity contribution in [2.45, 2.75) is 69.4 Å². The van der Waals surface area contributed by atoms with E-state index in [1.165, 1.54) is 10.4 Å². The van der Waals surface area contributed by atoms with Gasteiger partial charge in [0.15, 0.2) is 0 Å². The van der Waals surface area contributed by atoms with Crippen LogP contribution in [0.5, 0.6) is 0 Å². The maximum absolute atomic E-state index is 14.6. The summed E-state index contributed by atoms with van der Waals surface area (Å²) in [5.41, 5.74) is -0.863. The third-order valence-corrected chi connectivity index (χ3v) is 14.6.